The zero-order chi connectivity index (χ0) is 20.4. The molecular formula is C16H16Br2N2O7. The molecule has 0 amide bonds. The number of nitro benzene ring substituents is 2. The van der Waals surface area contributed by atoms with Gasteiger partial charge in [0, 0.05) is 32.3 Å². The first kappa shape index (κ1) is 22.8. The van der Waals surface area contributed by atoms with Crippen LogP contribution >= 0.6 is 31.9 Å². The van der Waals surface area contributed by atoms with Crippen LogP contribution in [0.5, 0.6) is 11.5 Å². The van der Waals surface area contributed by atoms with E-state index in [-0.39, 0.29) is 17.1 Å². The monoisotopic (exact) mass is 506 g/mol. The maximum atomic E-state index is 10.6. The second-order valence-electron chi connectivity index (χ2n) is 4.96. The third-order valence-corrected chi connectivity index (χ3v) is 4.34. The quantitative estimate of drug-likeness (QED) is 0.323. The van der Waals surface area contributed by atoms with Crippen LogP contribution in [0.3, 0.4) is 0 Å². The van der Waals surface area contributed by atoms with Gasteiger partial charge in [-0.05, 0) is 44.0 Å². The summed E-state index contributed by atoms with van der Waals surface area (Å²) in [5.41, 5.74) is -0.101. The first-order valence-corrected chi connectivity index (χ1v) is 9.03. The van der Waals surface area contributed by atoms with Gasteiger partial charge < -0.3 is 14.6 Å². The average Bonchev–Trinajstić information content (AvgIpc) is 2.62. The number of non-ortho nitro benzene ring substituents is 2. The van der Waals surface area contributed by atoms with Crippen molar-refractivity contribution < 1.29 is 24.4 Å². The van der Waals surface area contributed by atoms with Crippen molar-refractivity contribution in [2.75, 3.05) is 20.3 Å². The van der Waals surface area contributed by atoms with E-state index in [1.807, 2.05) is 0 Å². The molecule has 146 valence electrons. The first-order chi connectivity index (χ1) is 12.8. The fraction of sp³-hybridized carbons (Fsp3) is 0.250. The van der Waals surface area contributed by atoms with E-state index in [1.165, 1.54) is 24.3 Å². The first-order valence-electron chi connectivity index (χ1n) is 7.44. The number of nitrogens with zero attached hydrogens (tertiary/aromatic N) is 2. The number of phenolic OH excluding ortho intramolecular Hbond substituents is 1. The van der Waals surface area contributed by atoms with Crippen LogP contribution in [0.25, 0.3) is 0 Å². The average molecular weight is 508 g/mol. The summed E-state index contributed by atoms with van der Waals surface area (Å²) < 4.78 is 11.4. The maximum absolute atomic E-state index is 10.6. The normalized spacial score (nSPS) is 9.89. The van der Waals surface area contributed by atoms with E-state index < -0.39 is 9.85 Å². The second kappa shape index (κ2) is 11.5. The van der Waals surface area contributed by atoms with Crippen molar-refractivity contribution in [3.05, 3.63) is 65.6 Å². The van der Waals surface area contributed by atoms with E-state index in [1.54, 1.807) is 13.2 Å². The molecule has 0 bridgehead atoms. The summed E-state index contributed by atoms with van der Waals surface area (Å²) in [5.74, 6) is 0.351. The highest BCUT2D eigenvalue weighted by molar-refractivity contribution is 9.10. The van der Waals surface area contributed by atoms with Gasteiger partial charge in [-0.15, -0.1) is 0 Å². The van der Waals surface area contributed by atoms with Gasteiger partial charge in [-0.1, -0.05) is 0 Å². The molecule has 0 aromatic heterocycles. The lowest BCUT2D eigenvalue weighted by Gasteiger charge is -2.07. The zero-order valence-corrected chi connectivity index (χ0v) is 17.3. The Balaban J connectivity index is 0.000000289. The number of rotatable bonds is 7. The Morgan fingerprint density at radius 3 is 2.04 bits per heavy atom. The number of ether oxygens (including phenoxy) is 2. The third-order valence-electron chi connectivity index (χ3n) is 3.02. The predicted molar refractivity (Wildman–Crippen MR) is 105 cm³/mol. The number of benzene rings is 2. The Bertz CT molecular complexity index is 802. The van der Waals surface area contributed by atoms with Crippen molar-refractivity contribution in [2.24, 2.45) is 0 Å². The zero-order valence-electron chi connectivity index (χ0n) is 14.1. The number of halogens is 2. The fourth-order valence-corrected chi connectivity index (χ4v) is 2.32. The van der Waals surface area contributed by atoms with E-state index >= 15 is 0 Å². The molecule has 2 aromatic rings. The minimum Gasteiger partial charge on any atom is -0.507 e. The van der Waals surface area contributed by atoms with Gasteiger partial charge in [0.15, 0.2) is 0 Å². The van der Waals surface area contributed by atoms with Crippen molar-refractivity contribution in [3.8, 4) is 11.5 Å². The molecule has 2 rings (SSSR count). The molecule has 0 unspecified atom stereocenters. The molecule has 0 atom stereocenters. The van der Waals surface area contributed by atoms with Gasteiger partial charge in [0.05, 0.1) is 37.5 Å². The number of hydrogen-bond donors (Lipinski definition) is 1. The Morgan fingerprint density at radius 2 is 1.52 bits per heavy atom. The van der Waals surface area contributed by atoms with E-state index in [0.717, 1.165) is 12.5 Å². The van der Waals surface area contributed by atoms with Crippen LogP contribution in [0.2, 0.25) is 0 Å². The molecule has 0 radical (unpaired) electrons. The maximum Gasteiger partial charge on any atom is 0.273 e. The van der Waals surface area contributed by atoms with Gasteiger partial charge in [0.25, 0.3) is 11.4 Å². The molecule has 0 fully saturated rings. The van der Waals surface area contributed by atoms with Crippen molar-refractivity contribution >= 4 is 43.2 Å². The summed E-state index contributed by atoms with van der Waals surface area (Å²) in [4.78, 5) is 19.7. The number of methoxy groups -OCH3 is 1. The van der Waals surface area contributed by atoms with E-state index in [9.17, 15) is 20.2 Å². The van der Waals surface area contributed by atoms with Crippen LogP contribution < -0.4 is 4.74 Å². The molecule has 0 saturated heterocycles. The fourth-order valence-electron chi connectivity index (χ4n) is 1.72. The van der Waals surface area contributed by atoms with E-state index in [2.05, 4.69) is 31.9 Å². The summed E-state index contributed by atoms with van der Waals surface area (Å²) in [7, 11) is 1.61. The van der Waals surface area contributed by atoms with Gasteiger partial charge >= 0.3 is 0 Å². The molecule has 0 aliphatic rings. The molecule has 0 spiro atoms. The highest BCUT2D eigenvalue weighted by Crippen LogP contribution is 2.29. The largest absolute Gasteiger partial charge is 0.507 e. The Kier molecular flexibility index (Phi) is 9.68. The summed E-state index contributed by atoms with van der Waals surface area (Å²) in [5, 5.41) is 29.7. The Morgan fingerprint density at radius 1 is 0.963 bits per heavy atom. The summed E-state index contributed by atoms with van der Waals surface area (Å²) >= 11 is 6.28. The van der Waals surface area contributed by atoms with Crippen molar-refractivity contribution in [3.63, 3.8) is 0 Å². The Labute approximate surface area is 171 Å². The molecule has 11 heteroatoms. The molecule has 0 aliphatic heterocycles. The molecule has 27 heavy (non-hydrogen) atoms. The van der Waals surface area contributed by atoms with Crippen LogP contribution in [-0.2, 0) is 4.74 Å². The topological polar surface area (TPSA) is 125 Å². The number of aromatic hydroxyl groups is 1. The van der Waals surface area contributed by atoms with Crippen molar-refractivity contribution in [1.29, 1.82) is 0 Å². The molecule has 9 nitrogen and oxygen atoms in total. The summed E-state index contributed by atoms with van der Waals surface area (Å²) in [6, 6.07) is 8.24. The van der Waals surface area contributed by atoms with E-state index in [0.29, 0.717) is 27.9 Å². The lowest BCUT2D eigenvalue weighted by molar-refractivity contribution is -0.385. The van der Waals surface area contributed by atoms with Crippen LogP contribution in [-0.4, -0.2) is 35.3 Å². The molecular weight excluding hydrogens is 492 g/mol. The molecule has 0 heterocycles. The SMILES string of the molecule is COCCCOc1cc([N+](=O)[O-])ccc1Br.O=[N+]([O-])c1ccc(Br)c(O)c1. The minimum absolute atomic E-state index is 0.0185. The van der Waals surface area contributed by atoms with Crippen molar-refractivity contribution in [1.82, 2.24) is 0 Å². The standard InChI is InChI=1S/C10H12BrNO4.C6H4BrNO3/c1-15-5-2-6-16-10-7-8(12(13)14)3-4-9(10)11;7-5-2-1-4(8(10)11)3-6(5)9/h3-4,7H,2,5-6H2,1H3;1-3,9H. The third kappa shape index (κ3) is 7.89. The number of hydrogen-bond acceptors (Lipinski definition) is 7. The number of phenols is 1. The smallest absolute Gasteiger partial charge is 0.273 e. The molecule has 2 aromatic carbocycles. The molecule has 0 saturated carbocycles. The highest BCUT2D eigenvalue weighted by atomic mass is 79.9. The number of nitro groups is 2. The lowest BCUT2D eigenvalue weighted by atomic mass is 10.3. The highest BCUT2D eigenvalue weighted by Gasteiger charge is 2.10. The molecule has 1 N–H and O–H groups in total. The van der Waals surface area contributed by atoms with Gasteiger partial charge in [0.2, 0.25) is 0 Å². The van der Waals surface area contributed by atoms with Gasteiger partial charge in [-0.25, -0.2) is 0 Å². The Hall–Kier alpha value is -2.24. The van der Waals surface area contributed by atoms with Crippen LogP contribution in [0.15, 0.2) is 45.3 Å². The lowest BCUT2D eigenvalue weighted by Crippen LogP contribution is -2.02. The summed E-state index contributed by atoms with van der Waals surface area (Å²) in [6.45, 7) is 1.07. The minimum atomic E-state index is -0.563. The molecule has 0 aliphatic carbocycles. The van der Waals surface area contributed by atoms with E-state index in [4.69, 9.17) is 14.6 Å². The summed E-state index contributed by atoms with van der Waals surface area (Å²) in [6.07, 6.45) is 0.742. The van der Waals surface area contributed by atoms with Crippen molar-refractivity contribution in [2.45, 2.75) is 6.42 Å². The van der Waals surface area contributed by atoms with Crippen LogP contribution in [0.4, 0.5) is 11.4 Å². The second-order valence-corrected chi connectivity index (χ2v) is 6.67. The van der Waals surface area contributed by atoms with Gasteiger partial charge in [0.1, 0.15) is 11.5 Å². The van der Waals surface area contributed by atoms with Gasteiger partial charge in [-0.3, -0.25) is 20.2 Å². The van der Waals surface area contributed by atoms with Crippen LogP contribution in [0.1, 0.15) is 6.42 Å². The predicted octanol–water partition coefficient (Wildman–Crippen LogP) is 4.84. The van der Waals surface area contributed by atoms with Crippen LogP contribution in [0, 0.1) is 20.2 Å². The van der Waals surface area contributed by atoms with Gasteiger partial charge in [-0.2, -0.15) is 0 Å².